The Morgan fingerprint density at radius 3 is 2.55 bits per heavy atom. The SMILES string of the molecule is CC(C)[C@H]1CCN(C)C[C@H]1F. The van der Waals surface area contributed by atoms with Crippen LogP contribution in [0.3, 0.4) is 0 Å². The Balaban J connectivity index is 2.44. The first-order valence-corrected chi connectivity index (χ1v) is 4.44. The molecule has 0 aromatic heterocycles. The van der Waals surface area contributed by atoms with Gasteiger partial charge in [0.05, 0.1) is 0 Å². The monoisotopic (exact) mass is 159 g/mol. The van der Waals surface area contributed by atoms with E-state index < -0.39 is 6.17 Å². The van der Waals surface area contributed by atoms with Crippen LogP contribution in [0.4, 0.5) is 4.39 Å². The third kappa shape index (κ3) is 2.16. The molecule has 0 radical (unpaired) electrons. The molecule has 0 saturated carbocycles. The topological polar surface area (TPSA) is 3.24 Å². The van der Waals surface area contributed by atoms with E-state index in [1.807, 2.05) is 7.05 Å². The van der Waals surface area contributed by atoms with Crippen molar-refractivity contribution in [3.8, 4) is 0 Å². The van der Waals surface area contributed by atoms with Gasteiger partial charge in [0, 0.05) is 6.54 Å². The van der Waals surface area contributed by atoms with E-state index in [4.69, 9.17) is 0 Å². The summed E-state index contributed by atoms with van der Waals surface area (Å²) in [5, 5.41) is 0. The number of hydrogen-bond donors (Lipinski definition) is 0. The predicted octanol–water partition coefficient (Wildman–Crippen LogP) is 1.93. The lowest BCUT2D eigenvalue weighted by Gasteiger charge is -2.34. The second-order valence-corrected chi connectivity index (χ2v) is 3.97. The molecule has 0 aromatic rings. The van der Waals surface area contributed by atoms with Crippen molar-refractivity contribution in [2.24, 2.45) is 11.8 Å². The number of rotatable bonds is 1. The fourth-order valence-electron chi connectivity index (χ4n) is 1.83. The summed E-state index contributed by atoms with van der Waals surface area (Å²) in [6.07, 6.45) is 0.420. The zero-order chi connectivity index (χ0) is 8.43. The van der Waals surface area contributed by atoms with Crippen LogP contribution in [0.2, 0.25) is 0 Å². The minimum atomic E-state index is -0.603. The fourth-order valence-corrected chi connectivity index (χ4v) is 1.83. The maximum Gasteiger partial charge on any atom is 0.116 e. The van der Waals surface area contributed by atoms with Crippen molar-refractivity contribution in [3.05, 3.63) is 0 Å². The molecule has 0 unspecified atom stereocenters. The van der Waals surface area contributed by atoms with Crippen LogP contribution in [0.15, 0.2) is 0 Å². The lowest BCUT2D eigenvalue weighted by molar-refractivity contribution is 0.0758. The summed E-state index contributed by atoms with van der Waals surface area (Å²) in [6.45, 7) is 5.91. The summed E-state index contributed by atoms with van der Waals surface area (Å²) in [6, 6.07) is 0. The Kier molecular flexibility index (Phi) is 2.88. The molecule has 1 aliphatic heterocycles. The van der Waals surface area contributed by atoms with Crippen molar-refractivity contribution in [2.45, 2.75) is 26.4 Å². The molecule has 1 aliphatic rings. The molecule has 2 atom stereocenters. The van der Waals surface area contributed by atoms with E-state index in [0.29, 0.717) is 18.4 Å². The van der Waals surface area contributed by atoms with Gasteiger partial charge in [-0.15, -0.1) is 0 Å². The fraction of sp³-hybridized carbons (Fsp3) is 1.00. The Morgan fingerprint density at radius 2 is 2.09 bits per heavy atom. The van der Waals surface area contributed by atoms with Crippen molar-refractivity contribution in [2.75, 3.05) is 20.1 Å². The van der Waals surface area contributed by atoms with Gasteiger partial charge in [0.1, 0.15) is 6.17 Å². The number of alkyl halides is 1. The first kappa shape index (κ1) is 8.98. The highest BCUT2D eigenvalue weighted by atomic mass is 19.1. The molecule has 2 heteroatoms. The Morgan fingerprint density at radius 1 is 1.45 bits per heavy atom. The molecule has 0 aliphatic carbocycles. The number of likely N-dealkylation sites (tertiary alicyclic amines) is 1. The van der Waals surface area contributed by atoms with E-state index in [9.17, 15) is 4.39 Å². The molecule has 11 heavy (non-hydrogen) atoms. The second-order valence-electron chi connectivity index (χ2n) is 3.97. The highest BCUT2D eigenvalue weighted by Crippen LogP contribution is 2.26. The van der Waals surface area contributed by atoms with Crippen molar-refractivity contribution in [3.63, 3.8) is 0 Å². The predicted molar refractivity (Wildman–Crippen MR) is 45.3 cm³/mol. The zero-order valence-electron chi connectivity index (χ0n) is 7.68. The summed E-state index contributed by atoms with van der Waals surface area (Å²) in [4.78, 5) is 2.07. The molecular formula is C9H18FN. The highest BCUT2D eigenvalue weighted by Gasteiger charge is 2.29. The normalized spacial score (nSPS) is 34.6. The minimum absolute atomic E-state index is 0.297. The van der Waals surface area contributed by atoms with Crippen LogP contribution in [0.1, 0.15) is 20.3 Å². The minimum Gasteiger partial charge on any atom is -0.303 e. The Labute approximate surface area is 68.6 Å². The van der Waals surface area contributed by atoms with Gasteiger partial charge >= 0.3 is 0 Å². The largest absolute Gasteiger partial charge is 0.303 e. The van der Waals surface area contributed by atoms with Gasteiger partial charge in [-0.2, -0.15) is 0 Å². The van der Waals surface area contributed by atoms with Crippen LogP contribution in [0.5, 0.6) is 0 Å². The summed E-state index contributed by atoms with van der Waals surface area (Å²) >= 11 is 0. The Bertz CT molecular complexity index is 125. The second kappa shape index (κ2) is 3.53. The quantitative estimate of drug-likeness (QED) is 0.565. The van der Waals surface area contributed by atoms with E-state index in [0.717, 1.165) is 13.0 Å². The highest BCUT2D eigenvalue weighted by molar-refractivity contribution is 4.80. The molecule has 0 N–H and O–H groups in total. The zero-order valence-corrected chi connectivity index (χ0v) is 7.68. The summed E-state index contributed by atoms with van der Waals surface area (Å²) in [5.41, 5.74) is 0. The number of hydrogen-bond acceptors (Lipinski definition) is 1. The standard InChI is InChI=1S/C9H18FN/c1-7(2)8-4-5-11(3)6-9(8)10/h7-9H,4-6H2,1-3H3/t8-,9-/m1/s1. The molecule has 0 aromatic carbocycles. The van der Waals surface area contributed by atoms with Crippen molar-refractivity contribution >= 4 is 0 Å². The first-order valence-electron chi connectivity index (χ1n) is 4.44. The van der Waals surface area contributed by atoms with E-state index in [2.05, 4.69) is 18.7 Å². The molecule has 1 heterocycles. The molecule has 1 nitrogen and oxygen atoms in total. The van der Waals surface area contributed by atoms with Crippen LogP contribution in [0, 0.1) is 11.8 Å². The first-order chi connectivity index (χ1) is 5.11. The lowest BCUT2D eigenvalue weighted by atomic mass is 9.85. The van der Waals surface area contributed by atoms with Crippen molar-refractivity contribution < 1.29 is 4.39 Å². The molecular weight excluding hydrogens is 141 g/mol. The third-order valence-electron chi connectivity index (χ3n) is 2.65. The molecule has 1 saturated heterocycles. The van der Waals surface area contributed by atoms with Gasteiger partial charge < -0.3 is 4.90 Å². The summed E-state index contributed by atoms with van der Waals surface area (Å²) in [5.74, 6) is 0.796. The maximum atomic E-state index is 13.3. The van der Waals surface area contributed by atoms with Crippen LogP contribution in [-0.4, -0.2) is 31.2 Å². The van der Waals surface area contributed by atoms with Crippen molar-refractivity contribution in [1.29, 1.82) is 0 Å². The third-order valence-corrected chi connectivity index (χ3v) is 2.65. The average Bonchev–Trinajstić information content (AvgIpc) is 1.85. The van der Waals surface area contributed by atoms with Gasteiger partial charge in [-0.25, -0.2) is 4.39 Å². The number of halogens is 1. The van der Waals surface area contributed by atoms with Gasteiger partial charge in [0.2, 0.25) is 0 Å². The van der Waals surface area contributed by atoms with E-state index in [1.165, 1.54) is 0 Å². The Hall–Kier alpha value is -0.110. The van der Waals surface area contributed by atoms with Crippen LogP contribution >= 0.6 is 0 Å². The maximum absolute atomic E-state index is 13.3. The molecule has 66 valence electrons. The van der Waals surface area contributed by atoms with E-state index >= 15 is 0 Å². The van der Waals surface area contributed by atoms with Crippen LogP contribution < -0.4 is 0 Å². The summed E-state index contributed by atoms with van der Waals surface area (Å²) in [7, 11) is 1.99. The number of nitrogens with zero attached hydrogens (tertiary/aromatic N) is 1. The molecule has 1 rings (SSSR count). The lowest BCUT2D eigenvalue weighted by Crippen LogP contribution is -2.41. The molecule has 1 fully saturated rings. The van der Waals surface area contributed by atoms with E-state index in [1.54, 1.807) is 0 Å². The van der Waals surface area contributed by atoms with Crippen LogP contribution in [0.25, 0.3) is 0 Å². The average molecular weight is 159 g/mol. The van der Waals surface area contributed by atoms with Gasteiger partial charge in [-0.05, 0) is 31.8 Å². The van der Waals surface area contributed by atoms with Gasteiger partial charge in [-0.1, -0.05) is 13.8 Å². The van der Waals surface area contributed by atoms with Gasteiger partial charge in [0.15, 0.2) is 0 Å². The van der Waals surface area contributed by atoms with E-state index in [-0.39, 0.29) is 0 Å². The summed E-state index contributed by atoms with van der Waals surface area (Å²) < 4.78 is 13.3. The molecule has 0 amide bonds. The molecule has 0 bridgehead atoms. The molecule has 0 spiro atoms. The smallest absolute Gasteiger partial charge is 0.116 e. The van der Waals surface area contributed by atoms with Gasteiger partial charge in [0.25, 0.3) is 0 Å². The number of piperidine rings is 1. The van der Waals surface area contributed by atoms with Crippen LogP contribution in [-0.2, 0) is 0 Å². The van der Waals surface area contributed by atoms with Gasteiger partial charge in [-0.3, -0.25) is 0 Å². The van der Waals surface area contributed by atoms with Crippen molar-refractivity contribution in [1.82, 2.24) is 4.90 Å².